The zero-order chi connectivity index (χ0) is 16.2. The van der Waals surface area contributed by atoms with E-state index < -0.39 is 5.97 Å². The third-order valence-electron chi connectivity index (χ3n) is 4.00. The van der Waals surface area contributed by atoms with Crippen LogP contribution in [0.1, 0.15) is 47.6 Å². The standard InChI is InChI=1S/C15H18N4O3S/c1-22-13-8-10(6-7-12(13)14(20)21)9-23-15-16-17-18-19(15)11-4-2-3-5-11/h6-8,11H,2-5,9H2,1H3,(H,20,21). The molecule has 2 aromatic rings. The first-order valence-corrected chi connectivity index (χ1v) is 8.48. The van der Waals surface area contributed by atoms with Crippen molar-refractivity contribution in [1.29, 1.82) is 0 Å². The summed E-state index contributed by atoms with van der Waals surface area (Å²) in [5, 5.41) is 21.9. The molecule has 1 aromatic heterocycles. The Kier molecular flexibility index (Phi) is 4.80. The van der Waals surface area contributed by atoms with E-state index in [9.17, 15) is 4.79 Å². The Bertz CT molecular complexity index is 698. The van der Waals surface area contributed by atoms with E-state index in [0.717, 1.165) is 23.6 Å². The molecule has 0 saturated heterocycles. The van der Waals surface area contributed by atoms with E-state index >= 15 is 0 Å². The second kappa shape index (κ2) is 6.99. The molecule has 1 N–H and O–H groups in total. The number of benzene rings is 1. The number of tetrazole rings is 1. The molecule has 1 aromatic carbocycles. The van der Waals surface area contributed by atoms with Crippen molar-refractivity contribution in [3.8, 4) is 5.75 Å². The largest absolute Gasteiger partial charge is 0.496 e. The Morgan fingerprint density at radius 3 is 2.91 bits per heavy atom. The highest BCUT2D eigenvalue weighted by Gasteiger charge is 2.21. The molecule has 23 heavy (non-hydrogen) atoms. The Labute approximate surface area is 138 Å². The van der Waals surface area contributed by atoms with Crippen LogP contribution in [0.5, 0.6) is 5.75 Å². The fraction of sp³-hybridized carbons (Fsp3) is 0.467. The van der Waals surface area contributed by atoms with Crippen LogP contribution in [0.15, 0.2) is 23.4 Å². The van der Waals surface area contributed by atoms with E-state index in [-0.39, 0.29) is 5.56 Å². The highest BCUT2D eigenvalue weighted by Crippen LogP contribution is 2.32. The van der Waals surface area contributed by atoms with Crippen molar-refractivity contribution in [2.75, 3.05) is 7.11 Å². The molecule has 0 unspecified atom stereocenters. The smallest absolute Gasteiger partial charge is 0.339 e. The zero-order valence-electron chi connectivity index (χ0n) is 12.8. The first-order chi connectivity index (χ1) is 11.2. The van der Waals surface area contributed by atoms with Gasteiger partial charge < -0.3 is 9.84 Å². The van der Waals surface area contributed by atoms with Crippen LogP contribution in [0.2, 0.25) is 0 Å². The van der Waals surface area contributed by atoms with Crippen LogP contribution in [0.4, 0.5) is 0 Å². The van der Waals surface area contributed by atoms with Gasteiger partial charge in [0, 0.05) is 5.75 Å². The first kappa shape index (κ1) is 15.8. The quantitative estimate of drug-likeness (QED) is 0.812. The fourth-order valence-corrected chi connectivity index (χ4v) is 3.70. The van der Waals surface area contributed by atoms with Gasteiger partial charge in [-0.05, 0) is 41.0 Å². The molecule has 1 saturated carbocycles. The number of thioether (sulfide) groups is 1. The van der Waals surface area contributed by atoms with Crippen LogP contribution in [0.25, 0.3) is 0 Å². The van der Waals surface area contributed by atoms with Gasteiger partial charge >= 0.3 is 5.97 Å². The second-order valence-electron chi connectivity index (χ2n) is 5.47. The Morgan fingerprint density at radius 2 is 2.22 bits per heavy atom. The summed E-state index contributed by atoms with van der Waals surface area (Å²) in [7, 11) is 1.47. The number of ether oxygens (including phenoxy) is 1. The van der Waals surface area contributed by atoms with Crippen LogP contribution in [0.3, 0.4) is 0 Å². The lowest BCUT2D eigenvalue weighted by Gasteiger charge is -2.11. The summed E-state index contributed by atoms with van der Waals surface area (Å²) in [6, 6.07) is 5.51. The molecule has 1 heterocycles. The number of nitrogens with zero attached hydrogens (tertiary/aromatic N) is 4. The topological polar surface area (TPSA) is 90.1 Å². The molecule has 122 valence electrons. The minimum atomic E-state index is -0.994. The minimum Gasteiger partial charge on any atom is -0.496 e. The van der Waals surface area contributed by atoms with E-state index in [4.69, 9.17) is 9.84 Å². The Morgan fingerprint density at radius 1 is 1.43 bits per heavy atom. The van der Waals surface area contributed by atoms with Gasteiger partial charge in [0.15, 0.2) is 0 Å². The Hall–Kier alpha value is -2.09. The van der Waals surface area contributed by atoms with E-state index in [1.807, 2.05) is 4.68 Å². The van der Waals surface area contributed by atoms with Crippen molar-refractivity contribution in [3.05, 3.63) is 29.3 Å². The molecule has 0 atom stereocenters. The summed E-state index contributed by atoms with van der Waals surface area (Å²) in [4.78, 5) is 11.1. The zero-order valence-corrected chi connectivity index (χ0v) is 13.6. The van der Waals surface area contributed by atoms with Crippen molar-refractivity contribution < 1.29 is 14.6 Å². The number of carbonyl (C=O) groups is 1. The number of methoxy groups -OCH3 is 1. The van der Waals surface area contributed by atoms with Gasteiger partial charge in [-0.25, -0.2) is 9.48 Å². The summed E-state index contributed by atoms with van der Waals surface area (Å²) < 4.78 is 7.07. The molecule has 0 aliphatic heterocycles. The maximum atomic E-state index is 11.1. The number of hydrogen-bond acceptors (Lipinski definition) is 6. The monoisotopic (exact) mass is 334 g/mol. The van der Waals surface area contributed by atoms with Gasteiger partial charge in [0.05, 0.1) is 13.2 Å². The predicted molar refractivity (Wildman–Crippen MR) is 84.8 cm³/mol. The van der Waals surface area contributed by atoms with Gasteiger partial charge in [0.25, 0.3) is 0 Å². The molecule has 7 nitrogen and oxygen atoms in total. The maximum Gasteiger partial charge on any atom is 0.339 e. The summed E-state index contributed by atoms with van der Waals surface area (Å²) in [5.41, 5.74) is 1.13. The van der Waals surface area contributed by atoms with Gasteiger partial charge in [0.2, 0.25) is 5.16 Å². The molecule has 1 aliphatic rings. The van der Waals surface area contributed by atoms with Crippen LogP contribution >= 0.6 is 11.8 Å². The number of aromatic nitrogens is 4. The van der Waals surface area contributed by atoms with E-state index in [0.29, 0.717) is 17.5 Å². The van der Waals surface area contributed by atoms with Crippen LogP contribution in [-0.2, 0) is 5.75 Å². The van der Waals surface area contributed by atoms with Crippen LogP contribution < -0.4 is 4.74 Å². The van der Waals surface area contributed by atoms with Gasteiger partial charge in [-0.3, -0.25) is 0 Å². The van der Waals surface area contributed by atoms with Gasteiger partial charge in [0.1, 0.15) is 11.3 Å². The average molecular weight is 334 g/mol. The number of carboxylic acids is 1. The third kappa shape index (κ3) is 3.47. The molecule has 8 heteroatoms. The lowest BCUT2D eigenvalue weighted by atomic mass is 10.1. The third-order valence-corrected chi connectivity index (χ3v) is 5.00. The molecular formula is C15H18N4O3S. The summed E-state index contributed by atoms with van der Waals surface area (Å²) in [6.45, 7) is 0. The van der Waals surface area contributed by atoms with Gasteiger partial charge in [-0.2, -0.15) is 0 Å². The molecule has 1 aliphatic carbocycles. The van der Waals surface area contributed by atoms with Crippen molar-refractivity contribution in [1.82, 2.24) is 20.2 Å². The lowest BCUT2D eigenvalue weighted by molar-refractivity contribution is 0.0693. The number of carboxylic acid groups (broad SMARTS) is 1. The summed E-state index contributed by atoms with van der Waals surface area (Å²) >= 11 is 1.55. The first-order valence-electron chi connectivity index (χ1n) is 7.50. The normalized spacial score (nSPS) is 15.0. The lowest BCUT2D eigenvalue weighted by Crippen LogP contribution is -2.08. The van der Waals surface area contributed by atoms with E-state index in [1.54, 1.807) is 30.0 Å². The highest BCUT2D eigenvalue weighted by atomic mass is 32.2. The maximum absolute atomic E-state index is 11.1. The molecule has 0 radical (unpaired) electrons. The van der Waals surface area contributed by atoms with Gasteiger partial charge in [-0.15, -0.1) is 5.10 Å². The molecule has 1 fully saturated rings. The summed E-state index contributed by atoms with van der Waals surface area (Å²) in [5.74, 6) is 0.0285. The van der Waals surface area contributed by atoms with Crippen molar-refractivity contribution in [3.63, 3.8) is 0 Å². The number of rotatable bonds is 6. The molecular weight excluding hydrogens is 316 g/mol. The van der Waals surface area contributed by atoms with Crippen molar-refractivity contribution >= 4 is 17.7 Å². The minimum absolute atomic E-state index is 0.164. The average Bonchev–Trinajstić information content (AvgIpc) is 3.23. The van der Waals surface area contributed by atoms with Crippen LogP contribution in [0, 0.1) is 0 Å². The molecule has 3 rings (SSSR count). The fourth-order valence-electron chi connectivity index (χ4n) is 2.81. The number of hydrogen-bond donors (Lipinski definition) is 1. The number of aromatic carboxylic acids is 1. The van der Waals surface area contributed by atoms with E-state index in [1.165, 1.54) is 20.0 Å². The SMILES string of the molecule is COc1cc(CSc2nnnn2C2CCCC2)ccc1C(=O)O. The molecule has 0 spiro atoms. The Balaban J connectivity index is 1.71. The second-order valence-corrected chi connectivity index (χ2v) is 6.42. The van der Waals surface area contributed by atoms with Crippen molar-refractivity contribution in [2.24, 2.45) is 0 Å². The summed E-state index contributed by atoms with van der Waals surface area (Å²) in [6.07, 6.45) is 4.70. The molecule has 0 bridgehead atoms. The van der Waals surface area contributed by atoms with E-state index in [2.05, 4.69) is 15.5 Å². The van der Waals surface area contributed by atoms with Crippen LogP contribution in [-0.4, -0.2) is 38.4 Å². The molecule has 0 amide bonds. The van der Waals surface area contributed by atoms with Gasteiger partial charge in [-0.1, -0.05) is 30.7 Å². The predicted octanol–water partition coefficient (Wildman–Crippen LogP) is 2.79. The van der Waals surface area contributed by atoms with Crippen molar-refractivity contribution in [2.45, 2.75) is 42.6 Å². The highest BCUT2D eigenvalue weighted by molar-refractivity contribution is 7.98.